The Morgan fingerprint density at radius 3 is 2.61 bits per heavy atom. The molecule has 23 heavy (non-hydrogen) atoms. The van der Waals surface area contributed by atoms with Crippen molar-refractivity contribution in [3.63, 3.8) is 0 Å². The smallest absolute Gasteiger partial charge is 0.227 e. The molecule has 0 bridgehead atoms. The SMILES string of the molecule is CCNC(=NCc1ccc(N2CCCC2=O)cc1)NCCO.I. The van der Waals surface area contributed by atoms with E-state index in [1.165, 1.54) is 0 Å². The second-order valence-corrected chi connectivity index (χ2v) is 5.16. The second kappa shape index (κ2) is 10.4. The van der Waals surface area contributed by atoms with Crippen molar-refractivity contribution in [3.8, 4) is 0 Å². The Bertz CT molecular complexity index is 519. The van der Waals surface area contributed by atoms with Crippen molar-refractivity contribution >= 4 is 41.5 Å². The third-order valence-electron chi connectivity index (χ3n) is 3.49. The van der Waals surface area contributed by atoms with Crippen molar-refractivity contribution < 1.29 is 9.90 Å². The van der Waals surface area contributed by atoms with Gasteiger partial charge >= 0.3 is 0 Å². The number of rotatable bonds is 6. The van der Waals surface area contributed by atoms with Gasteiger partial charge in [0.2, 0.25) is 5.91 Å². The van der Waals surface area contributed by atoms with Crippen molar-refractivity contribution in [2.75, 3.05) is 31.1 Å². The Morgan fingerprint density at radius 2 is 2.04 bits per heavy atom. The maximum Gasteiger partial charge on any atom is 0.227 e. The number of carbonyl (C=O) groups is 1. The summed E-state index contributed by atoms with van der Waals surface area (Å²) in [6, 6.07) is 7.95. The number of nitrogens with zero attached hydrogens (tertiary/aromatic N) is 2. The maximum absolute atomic E-state index is 11.7. The quantitative estimate of drug-likeness (QED) is 0.362. The van der Waals surface area contributed by atoms with Crippen molar-refractivity contribution in [3.05, 3.63) is 29.8 Å². The number of halogens is 1. The van der Waals surface area contributed by atoms with E-state index in [4.69, 9.17) is 5.11 Å². The third-order valence-corrected chi connectivity index (χ3v) is 3.49. The normalized spacial score (nSPS) is 14.6. The van der Waals surface area contributed by atoms with E-state index in [2.05, 4.69) is 15.6 Å². The summed E-state index contributed by atoms with van der Waals surface area (Å²) in [5.74, 6) is 0.892. The summed E-state index contributed by atoms with van der Waals surface area (Å²) < 4.78 is 0. The van der Waals surface area contributed by atoms with Crippen LogP contribution in [0.15, 0.2) is 29.3 Å². The lowest BCUT2D eigenvalue weighted by Crippen LogP contribution is -2.38. The lowest BCUT2D eigenvalue weighted by atomic mass is 10.2. The molecule has 0 aliphatic carbocycles. The minimum atomic E-state index is 0. The highest BCUT2D eigenvalue weighted by Gasteiger charge is 2.21. The average Bonchev–Trinajstić information content (AvgIpc) is 2.97. The van der Waals surface area contributed by atoms with Crippen LogP contribution in [0.2, 0.25) is 0 Å². The zero-order valence-electron chi connectivity index (χ0n) is 13.4. The monoisotopic (exact) mass is 432 g/mol. The minimum Gasteiger partial charge on any atom is -0.395 e. The molecule has 2 rings (SSSR count). The zero-order valence-corrected chi connectivity index (χ0v) is 15.7. The molecular weight excluding hydrogens is 407 g/mol. The van der Waals surface area contributed by atoms with Gasteiger partial charge in [0.05, 0.1) is 13.2 Å². The first-order chi connectivity index (χ1) is 10.7. The molecule has 6 nitrogen and oxygen atoms in total. The molecule has 128 valence electrons. The van der Waals surface area contributed by atoms with Gasteiger partial charge in [0.15, 0.2) is 5.96 Å². The highest BCUT2D eigenvalue weighted by atomic mass is 127. The number of nitrogens with one attached hydrogen (secondary N) is 2. The van der Waals surface area contributed by atoms with Crippen LogP contribution in [0, 0.1) is 0 Å². The number of guanidine groups is 1. The van der Waals surface area contributed by atoms with Crippen LogP contribution in [0.1, 0.15) is 25.3 Å². The Hall–Kier alpha value is -1.35. The summed E-state index contributed by atoms with van der Waals surface area (Å²) in [6.45, 7) is 4.68. The van der Waals surface area contributed by atoms with Crippen LogP contribution < -0.4 is 15.5 Å². The number of aliphatic hydroxyl groups excluding tert-OH is 1. The third kappa shape index (κ3) is 5.98. The molecule has 7 heteroatoms. The number of amides is 1. The fourth-order valence-corrected chi connectivity index (χ4v) is 2.39. The summed E-state index contributed by atoms with van der Waals surface area (Å²) in [4.78, 5) is 18.0. The summed E-state index contributed by atoms with van der Waals surface area (Å²) in [6.07, 6.45) is 1.59. The number of benzene rings is 1. The Labute approximate surface area is 154 Å². The number of anilines is 1. The molecule has 1 aliphatic rings. The van der Waals surface area contributed by atoms with Crippen molar-refractivity contribution in [1.82, 2.24) is 10.6 Å². The fraction of sp³-hybridized carbons (Fsp3) is 0.500. The topological polar surface area (TPSA) is 77.0 Å². The van der Waals surface area contributed by atoms with E-state index in [0.29, 0.717) is 25.5 Å². The van der Waals surface area contributed by atoms with E-state index in [-0.39, 0.29) is 36.5 Å². The predicted octanol–water partition coefficient (Wildman–Crippen LogP) is 1.48. The molecular formula is C16H25IN4O2. The van der Waals surface area contributed by atoms with E-state index < -0.39 is 0 Å². The average molecular weight is 432 g/mol. The molecule has 1 aromatic carbocycles. The highest BCUT2D eigenvalue weighted by molar-refractivity contribution is 14.0. The van der Waals surface area contributed by atoms with Crippen molar-refractivity contribution in [2.24, 2.45) is 4.99 Å². The number of hydrogen-bond donors (Lipinski definition) is 3. The molecule has 3 N–H and O–H groups in total. The first-order valence-corrected chi connectivity index (χ1v) is 7.77. The summed E-state index contributed by atoms with van der Waals surface area (Å²) in [5.41, 5.74) is 2.04. The molecule has 0 unspecified atom stereocenters. The molecule has 0 saturated carbocycles. The Kier molecular flexibility index (Phi) is 8.93. The van der Waals surface area contributed by atoms with E-state index in [9.17, 15) is 4.79 Å². The van der Waals surface area contributed by atoms with Gasteiger partial charge in [0, 0.05) is 31.7 Å². The van der Waals surface area contributed by atoms with Crippen LogP contribution in [0.25, 0.3) is 0 Å². The summed E-state index contributed by atoms with van der Waals surface area (Å²) in [5, 5.41) is 15.0. The summed E-state index contributed by atoms with van der Waals surface area (Å²) in [7, 11) is 0. The van der Waals surface area contributed by atoms with Crippen LogP contribution in [-0.2, 0) is 11.3 Å². The molecule has 1 aliphatic heterocycles. The number of aliphatic hydroxyl groups is 1. The van der Waals surface area contributed by atoms with E-state index in [1.807, 2.05) is 36.1 Å². The first kappa shape index (κ1) is 19.7. The number of hydrogen-bond acceptors (Lipinski definition) is 3. The van der Waals surface area contributed by atoms with Crippen LogP contribution in [0.5, 0.6) is 0 Å². The van der Waals surface area contributed by atoms with Gasteiger partial charge in [-0.2, -0.15) is 0 Å². The van der Waals surface area contributed by atoms with E-state index >= 15 is 0 Å². The van der Waals surface area contributed by atoms with Crippen LogP contribution in [0.3, 0.4) is 0 Å². The minimum absolute atomic E-state index is 0. The lowest BCUT2D eigenvalue weighted by molar-refractivity contribution is -0.117. The van der Waals surface area contributed by atoms with Gasteiger partial charge in [-0.25, -0.2) is 4.99 Å². The standard InChI is InChI=1S/C16H24N4O2.HI/c1-2-17-16(18-9-11-21)19-12-13-5-7-14(8-6-13)20-10-3-4-15(20)22;/h5-8,21H,2-4,9-12H2,1H3,(H2,17,18,19);1H. The maximum atomic E-state index is 11.7. The molecule has 1 amide bonds. The molecule has 1 fully saturated rings. The van der Waals surface area contributed by atoms with Gasteiger partial charge in [-0.3, -0.25) is 4.79 Å². The van der Waals surface area contributed by atoms with Gasteiger partial charge in [-0.15, -0.1) is 24.0 Å². The van der Waals surface area contributed by atoms with Gasteiger partial charge in [-0.1, -0.05) is 12.1 Å². The Morgan fingerprint density at radius 1 is 1.30 bits per heavy atom. The highest BCUT2D eigenvalue weighted by Crippen LogP contribution is 2.21. The Balaban J connectivity index is 0.00000264. The lowest BCUT2D eigenvalue weighted by Gasteiger charge is -2.15. The number of carbonyl (C=O) groups excluding carboxylic acids is 1. The second-order valence-electron chi connectivity index (χ2n) is 5.16. The van der Waals surface area contributed by atoms with Crippen molar-refractivity contribution in [2.45, 2.75) is 26.3 Å². The molecule has 0 radical (unpaired) electrons. The first-order valence-electron chi connectivity index (χ1n) is 7.77. The van der Waals surface area contributed by atoms with Crippen molar-refractivity contribution in [1.29, 1.82) is 0 Å². The van der Waals surface area contributed by atoms with Crippen LogP contribution in [0.4, 0.5) is 5.69 Å². The van der Waals surface area contributed by atoms with Gasteiger partial charge < -0.3 is 20.6 Å². The summed E-state index contributed by atoms with van der Waals surface area (Å²) >= 11 is 0. The largest absolute Gasteiger partial charge is 0.395 e. The molecule has 1 saturated heterocycles. The van der Waals surface area contributed by atoms with E-state index in [0.717, 1.165) is 30.8 Å². The molecule has 0 aromatic heterocycles. The van der Waals surface area contributed by atoms with Crippen LogP contribution >= 0.6 is 24.0 Å². The van der Waals surface area contributed by atoms with Gasteiger partial charge in [0.25, 0.3) is 0 Å². The van der Waals surface area contributed by atoms with Gasteiger partial charge in [0.1, 0.15) is 0 Å². The van der Waals surface area contributed by atoms with Gasteiger partial charge in [-0.05, 0) is 31.0 Å². The fourth-order valence-electron chi connectivity index (χ4n) is 2.39. The molecule has 0 atom stereocenters. The molecule has 1 aromatic rings. The number of aliphatic imine (C=N–C) groups is 1. The predicted molar refractivity (Wildman–Crippen MR) is 103 cm³/mol. The van der Waals surface area contributed by atoms with Crippen LogP contribution in [-0.4, -0.2) is 43.2 Å². The molecule has 1 heterocycles. The zero-order chi connectivity index (χ0) is 15.8. The van der Waals surface area contributed by atoms with E-state index in [1.54, 1.807) is 0 Å². The molecule has 0 spiro atoms.